The molecule has 18 heavy (non-hydrogen) atoms. The minimum absolute atomic E-state index is 0.402. The molecular formula is C13H16ClN3O. The summed E-state index contributed by atoms with van der Waals surface area (Å²) in [6.45, 7) is 2.35. The second-order valence-electron chi connectivity index (χ2n) is 4.68. The second-order valence-corrected chi connectivity index (χ2v) is 4.94. The molecule has 0 amide bonds. The van der Waals surface area contributed by atoms with Gasteiger partial charge in [0.05, 0.1) is 12.5 Å². The Morgan fingerprint density at radius 3 is 3.11 bits per heavy atom. The van der Waals surface area contributed by atoms with E-state index in [0.717, 1.165) is 36.1 Å². The number of alkyl halides is 1. The Balaban J connectivity index is 1.71. The van der Waals surface area contributed by atoms with Crippen LogP contribution in [0.3, 0.4) is 0 Å². The predicted molar refractivity (Wildman–Crippen MR) is 70.6 cm³/mol. The zero-order valence-electron chi connectivity index (χ0n) is 10.2. The number of nitrogens with zero attached hydrogens (tertiary/aromatic N) is 3. The monoisotopic (exact) mass is 265 g/mol. The number of hydrogen-bond donors (Lipinski definition) is 0. The molecule has 5 heteroatoms. The highest BCUT2D eigenvalue weighted by atomic mass is 35.5. The Morgan fingerprint density at radius 2 is 2.33 bits per heavy atom. The van der Waals surface area contributed by atoms with Gasteiger partial charge in [-0.15, -0.1) is 11.6 Å². The van der Waals surface area contributed by atoms with Gasteiger partial charge in [-0.2, -0.15) is 0 Å². The van der Waals surface area contributed by atoms with Crippen molar-refractivity contribution in [1.29, 1.82) is 0 Å². The first kappa shape index (κ1) is 11.9. The van der Waals surface area contributed by atoms with Gasteiger partial charge in [0.2, 0.25) is 0 Å². The lowest BCUT2D eigenvalue weighted by Gasteiger charge is -2.07. The molecule has 0 spiro atoms. The molecule has 3 rings (SSSR count). The summed E-state index contributed by atoms with van der Waals surface area (Å²) >= 11 is 5.92. The van der Waals surface area contributed by atoms with E-state index in [-0.39, 0.29) is 0 Å². The second kappa shape index (κ2) is 5.24. The number of hydrogen-bond acceptors (Lipinski definition) is 3. The van der Waals surface area contributed by atoms with Crippen molar-refractivity contribution in [3.8, 4) is 0 Å². The summed E-state index contributed by atoms with van der Waals surface area (Å²) in [6, 6.07) is 3.85. The van der Waals surface area contributed by atoms with Crippen LogP contribution in [-0.2, 0) is 17.2 Å². The molecule has 96 valence electrons. The molecule has 1 saturated carbocycles. The van der Waals surface area contributed by atoms with Gasteiger partial charge in [0, 0.05) is 19.3 Å². The van der Waals surface area contributed by atoms with Crippen molar-refractivity contribution >= 4 is 22.8 Å². The Bertz CT molecular complexity index is 536. The van der Waals surface area contributed by atoms with E-state index in [1.165, 1.54) is 12.8 Å². The SMILES string of the molecule is ClCc1nc2cccnc2n1CCOCC1CC1. The molecule has 4 nitrogen and oxygen atoms in total. The molecule has 0 atom stereocenters. The molecule has 0 aliphatic heterocycles. The fourth-order valence-corrected chi connectivity index (χ4v) is 2.24. The molecule has 1 aliphatic carbocycles. The van der Waals surface area contributed by atoms with Gasteiger partial charge in [-0.25, -0.2) is 9.97 Å². The van der Waals surface area contributed by atoms with Gasteiger partial charge in [0.1, 0.15) is 11.3 Å². The van der Waals surface area contributed by atoms with Crippen molar-refractivity contribution in [2.24, 2.45) is 5.92 Å². The Morgan fingerprint density at radius 1 is 1.44 bits per heavy atom. The van der Waals surface area contributed by atoms with Crippen LogP contribution in [0.15, 0.2) is 18.3 Å². The molecular weight excluding hydrogens is 250 g/mol. The Kier molecular flexibility index (Phi) is 3.48. The van der Waals surface area contributed by atoms with Crippen LogP contribution in [0.25, 0.3) is 11.2 Å². The maximum Gasteiger partial charge on any atom is 0.160 e. The fraction of sp³-hybridized carbons (Fsp3) is 0.538. The van der Waals surface area contributed by atoms with Crippen LogP contribution < -0.4 is 0 Å². The van der Waals surface area contributed by atoms with Crippen molar-refractivity contribution in [3.63, 3.8) is 0 Å². The molecule has 0 N–H and O–H groups in total. The van der Waals surface area contributed by atoms with Gasteiger partial charge in [-0.1, -0.05) is 0 Å². The Hall–Kier alpha value is -1.13. The van der Waals surface area contributed by atoms with Gasteiger partial charge >= 0.3 is 0 Å². The van der Waals surface area contributed by atoms with Crippen molar-refractivity contribution in [2.45, 2.75) is 25.3 Å². The van der Waals surface area contributed by atoms with Crippen LogP contribution >= 0.6 is 11.6 Å². The number of pyridine rings is 1. The largest absolute Gasteiger partial charge is 0.379 e. The van der Waals surface area contributed by atoms with E-state index in [2.05, 4.69) is 14.5 Å². The normalized spacial score (nSPS) is 15.4. The fourth-order valence-electron chi connectivity index (χ4n) is 2.03. The van der Waals surface area contributed by atoms with Crippen molar-refractivity contribution in [3.05, 3.63) is 24.2 Å². The summed E-state index contributed by atoms with van der Waals surface area (Å²) in [7, 11) is 0. The molecule has 1 aliphatic rings. The zero-order chi connectivity index (χ0) is 12.4. The van der Waals surface area contributed by atoms with E-state index in [1.54, 1.807) is 6.20 Å². The summed E-state index contributed by atoms with van der Waals surface area (Å²) in [4.78, 5) is 8.83. The van der Waals surface area contributed by atoms with E-state index in [4.69, 9.17) is 16.3 Å². The van der Waals surface area contributed by atoms with E-state index >= 15 is 0 Å². The van der Waals surface area contributed by atoms with Crippen molar-refractivity contribution in [1.82, 2.24) is 14.5 Å². The van der Waals surface area contributed by atoms with Crippen LogP contribution in [-0.4, -0.2) is 27.7 Å². The number of ether oxygens (including phenoxy) is 1. The van der Waals surface area contributed by atoms with Gasteiger partial charge in [-0.3, -0.25) is 0 Å². The first-order chi connectivity index (χ1) is 8.88. The van der Waals surface area contributed by atoms with Crippen LogP contribution in [0.1, 0.15) is 18.7 Å². The lowest BCUT2D eigenvalue weighted by molar-refractivity contribution is 0.117. The third-order valence-corrected chi connectivity index (χ3v) is 3.45. The Labute approximate surface area is 111 Å². The topological polar surface area (TPSA) is 39.9 Å². The maximum absolute atomic E-state index is 5.92. The quantitative estimate of drug-likeness (QED) is 0.595. The van der Waals surface area contributed by atoms with E-state index < -0.39 is 0 Å². The number of aromatic nitrogens is 3. The van der Waals surface area contributed by atoms with E-state index in [1.807, 2.05) is 12.1 Å². The first-order valence-corrected chi connectivity index (χ1v) is 6.86. The average molecular weight is 266 g/mol. The zero-order valence-corrected chi connectivity index (χ0v) is 10.9. The number of halogens is 1. The lowest BCUT2D eigenvalue weighted by Crippen LogP contribution is -2.10. The summed E-state index contributed by atoms with van der Waals surface area (Å²) in [5.41, 5.74) is 1.79. The minimum Gasteiger partial charge on any atom is -0.379 e. The van der Waals surface area contributed by atoms with E-state index in [9.17, 15) is 0 Å². The van der Waals surface area contributed by atoms with Crippen molar-refractivity contribution in [2.75, 3.05) is 13.2 Å². The summed E-state index contributed by atoms with van der Waals surface area (Å²) in [6.07, 6.45) is 4.43. The van der Waals surface area contributed by atoms with E-state index in [0.29, 0.717) is 12.5 Å². The van der Waals surface area contributed by atoms with Crippen LogP contribution in [0.4, 0.5) is 0 Å². The van der Waals surface area contributed by atoms with Crippen molar-refractivity contribution < 1.29 is 4.74 Å². The number of imidazole rings is 1. The molecule has 2 heterocycles. The smallest absolute Gasteiger partial charge is 0.160 e. The average Bonchev–Trinajstić information content (AvgIpc) is 3.15. The molecule has 2 aromatic heterocycles. The maximum atomic E-state index is 5.92. The summed E-state index contributed by atoms with van der Waals surface area (Å²) in [5, 5.41) is 0. The van der Waals surface area contributed by atoms with Crippen LogP contribution in [0, 0.1) is 5.92 Å². The minimum atomic E-state index is 0.402. The van der Waals surface area contributed by atoms with Gasteiger partial charge < -0.3 is 9.30 Å². The molecule has 0 unspecified atom stereocenters. The lowest BCUT2D eigenvalue weighted by atomic mass is 10.4. The number of rotatable bonds is 6. The molecule has 0 radical (unpaired) electrons. The highest BCUT2D eigenvalue weighted by Gasteiger charge is 2.21. The summed E-state index contributed by atoms with van der Waals surface area (Å²) < 4.78 is 7.71. The van der Waals surface area contributed by atoms with Crippen LogP contribution in [0.5, 0.6) is 0 Å². The molecule has 0 bridgehead atoms. The molecule has 0 saturated heterocycles. The standard InChI is InChI=1S/C13H16ClN3O/c14-8-12-16-11-2-1-5-15-13(11)17(12)6-7-18-9-10-3-4-10/h1-2,5,10H,3-4,6-9H2. The van der Waals surface area contributed by atoms with Gasteiger partial charge in [0.25, 0.3) is 0 Å². The molecule has 1 fully saturated rings. The predicted octanol–water partition coefficient (Wildman–Crippen LogP) is 2.60. The molecule has 2 aromatic rings. The highest BCUT2D eigenvalue weighted by molar-refractivity contribution is 6.16. The highest BCUT2D eigenvalue weighted by Crippen LogP contribution is 2.28. The molecule has 0 aromatic carbocycles. The first-order valence-electron chi connectivity index (χ1n) is 6.32. The third-order valence-electron chi connectivity index (χ3n) is 3.21. The van der Waals surface area contributed by atoms with Crippen LogP contribution in [0.2, 0.25) is 0 Å². The van der Waals surface area contributed by atoms with Gasteiger partial charge in [-0.05, 0) is 30.9 Å². The number of fused-ring (bicyclic) bond motifs is 1. The third kappa shape index (κ3) is 2.49. The van der Waals surface area contributed by atoms with Gasteiger partial charge in [0.15, 0.2) is 5.65 Å². The summed E-state index contributed by atoms with van der Waals surface area (Å²) in [5.74, 6) is 2.06.